The number of halogens is 1. The van der Waals surface area contributed by atoms with Gasteiger partial charge in [-0.05, 0) is 45.9 Å². The molecule has 5 heteroatoms. The van der Waals surface area contributed by atoms with Crippen LogP contribution in [-0.4, -0.2) is 12.1 Å². The number of methoxy groups -OCH3 is 1. The number of aryl methyl sites for hydroxylation is 2. The minimum atomic E-state index is -0.253. The summed E-state index contributed by atoms with van der Waals surface area (Å²) in [6, 6.07) is 4.73. The number of nitrogens with one attached hydrogen (secondary N) is 1. The molecule has 0 amide bonds. The highest BCUT2D eigenvalue weighted by molar-refractivity contribution is 7.11. The molecule has 1 aromatic heterocycles. The number of thiazole rings is 1. The molecular formula is C16H21FN2OS. The van der Waals surface area contributed by atoms with Crippen molar-refractivity contribution in [3.63, 3.8) is 0 Å². The van der Waals surface area contributed by atoms with E-state index in [-0.39, 0.29) is 17.9 Å². The van der Waals surface area contributed by atoms with Crippen LogP contribution < -0.4 is 10.1 Å². The first-order chi connectivity index (χ1) is 9.92. The Morgan fingerprint density at radius 1 is 1.24 bits per heavy atom. The molecule has 0 radical (unpaired) electrons. The van der Waals surface area contributed by atoms with Crippen LogP contribution >= 0.6 is 11.3 Å². The average molecular weight is 308 g/mol. The van der Waals surface area contributed by atoms with Crippen molar-refractivity contribution < 1.29 is 9.13 Å². The lowest BCUT2D eigenvalue weighted by atomic mass is 10.1. The van der Waals surface area contributed by atoms with E-state index < -0.39 is 0 Å². The van der Waals surface area contributed by atoms with Crippen molar-refractivity contribution in [2.24, 2.45) is 0 Å². The number of benzene rings is 1. The van der Waals surface area contributed by atoms with E-state index >= 15 is 0 Å². The lowest BCUT2D eigenvalue weighted by Crippen LogP contribution is -2.23. The van der Waals surface area contributed by atoms with Crippen molar-refractivity contribution in [3.05, 3.63) is 45.2 Å². The summed E-state index contributed by atoms with van der Waals surface area (Å²) in [7, 11) is 1.60. The summed E-state index contributed by atoms with van der Waals surface area (Å²) >= 11 is 1.69. The lowest BCUT2D eigenvalue weighted by molar-refractivity contribution is 0.395. The van der Waals surface area contributed by atoms with Gasteiger partial charge in [0.1, 0.15) is 11.6 Å². The number of ether oxygens (including phenoxy) is 1. The summed E-state index contributed by atoms with van der Waals surface area (Å²) in [6.07, 6.45) is 0. The number of hydrogen-bond donors (Lipinski definition) is 1. The quantitative estimate of drug-likeness (QED) is 0.893. The Hall–Kier alpha value is -1.46. The number of hydrogen-bond acceptors (Lipinski definition) is 4. The van der Waals surface area contributed by atoms with E-state index in [1.165, 1.54) is 17.0 Å². The number of nitrogens with zero attached hydrogens (tertiary/aromatic N) is 1. The molecule has 0 aliphatic heterocycles. The average Bonchev–Trinajstić information content (AvgIpc) is 2.77. The first-order valence-corrected chi connectivity index (χ1v) is 7.77. The van der Waals surface area contributed by atoms with Gasteiger partial charge in [0, 0.05) is 22.5 Å². The summed E-state index contributed by atoms with van der Waals surface area (Å²) in [5.74, 6) is 0.442. The lowest BCUT2D eigenvalue weighted by Gasteiger charge is -2.21. The van der Waals surface area contributed by atoms with Crippen LogP contribution in [0.2, 0.25) is 0 Å². The molecule has 2 unspecified atom stereocenters. The molecule has 21 heavy (non-hydrogen) atoms. The van der Waals surface area contributed by atoms with Crippen molar-refractivity contribution in [3.8, 4) is 5.75 Å². The molecule has 1 aromatic carbocycles. The first-order valence-electron chi connectivity index (χ1n) is 6.95. The maximum absolute atomic E-state index is 13.5. The predicted molar refractivity (Wildman–Crippen MR) is 84.5 cm³/mol. The summed E-state index contributed by atoms with van der Waals surface area (Å²) < 4.78 is 18.8. The predicted octanol–water partition coefficient (Wildman–Crippen LogP) is 4.32. The van der Waals surface area contributed by atoms with E-state index in [1.807, 2.05) is 20.8 Å². The molecule has 114 valence electrons. The molecule has 0 spiro atoms. The fraction of sp³-hybridized carbons (Fsp3) is 0.438. The fourth-order valence-electron chi connectivity index (χ4n) is 2.53. The van der Waals surface area contributed by atoms with Crippen LogP contribution in [0.5, 0.6) is 5.75 Å². The molecule has 0 saturated heterocycles. The monoisotopic (exact) mass is 308 g/mol. The molecular weight excluding hydrogens is 287 g/mol. The highest BCUT2D eigenvalue weighted by atomic mass is 32.1. The van der Waals surface area contributed by atoms with Gasteiger partial charge in [-0.25, -0.2) is 9.37 Å². The second-order valence-corrected chi connectivity index (χ2v) is 6.41. The normalized spacial score (nSPS) is 14.0. The van der Waals surface area contributed by atoms with E-state index in [0.717, 1.165) is 16.3 Å². The van der Waals surface area contributed by atoms with Crippen molar-refractivity contribution in [1.82, 2.24) is 10.3 Å². The molecule has 3 nitrogen and oxygen atoms in total. The van der Waals surface area contributed by atoms with E-state index in [2.05, 4.69) is 17.2 Å². The Kier molecular flexibility index (Phi) is 4.96. The van der Waals surface area contributed by atoms with Crippen LogP contribution in [0.1, 0.15) is 47.1 Å². The van der Waals surface area contributed by atoms with E-state index in [1.54, 1.807) is 24.5 Å². The first kappa shape index (κ1) is 15.9. The van der Waals surface area contributed by atoms with Crippen LogP contribution in [0.3, 0.4) is 0 Å². The van der Waals surface area contributed by atoms with Gasteiger partial charge in [0.2, 0.25) is 0 Å². The minimum Gasteiger partial charge on any atom is -0.496 e. The van der Waals surface area contributed by atoms with E-state index in [9.17, 15) is 4.39 Å². The van der Waals surface area contributed by atoms with Gasteiger partial charge in [-0.3, -0.25) is 0 Å². The maximum atomic E-state index is 13.5. The second-order valence-electron chi connectivity index (χ2n) is 5.18. The molecule has 1 heterocycles. The molecule has 1 N–H and O–H groups in total. The summed E-state index contributed by atoms with van der Waals surface area (Å²) in [5.41, 5.74) is 1.87. The zero-order valence-electron chi connectivity index (χ0n) is 13.0. The Balaban J connectivity index is 2.19. The van der Waals surface area contributed by atoms with Crippen molar-refractivity contribution >= 4 is 11.3 Å². The summed E-state index contributed by atoms with van der Waals surface area (Å²) in [4.78, 5) is 5.67. The number of rotatable bonds is 5. The van der Waals surface area contributed by atoms with Gasteiger partial charge in [-0.15, -0.1) is 11.3 Å². The Morgan fingerprint density at radius 2 is 1.95 bits per heavy atom. The molecule has 0 saturated carbocycles. The third-order valence-electron chi connectivity index (χ3n) is 3.49. The Labute approximate surface area is 129 Å². The highest BCUT2D eigenvalue weighted by Gasteiger charge is 2.18. The Bertz CT molecular complexity index is 627. The molecule has 0 aliphatic carbocycles. The van der Waals surface area contributed by atoms with Crippen LogP contribution in [0, 0.1) is 19.7 Å². The van der Waals surface area contributed by atoms with Crippen molar-refractivity contribution in [2.45, 2.75) is 39.8 Å². The van der Waals surface area contributed by atoms with Crippen molar-refractivity contribution in [1.29, 1.82) is 0 Å². The number of aromatic nitrogens is 1. The summed E-state index contributed by atoms with van der Waals surface area (Å²) in [6.45, 7) is 8.14. The van der Waals surface area contributed by atoms with Gasteiger partial charge in [-0.1, -0.05) is 0 Å². The Morgan fingerprint density at radius 3 is 2.52 bits per heavy atom. The van der Waals surface area contributed by atoms with Gasteiger partial charge < -0.3 is 10.1 Å². The third kappa shape index (κ3) is 3.60. The van der Waals surface area contributed by atoms with Gasteiger partial charge in [0.15, 0.2) is 0 Å². The second kappa shape index (κ2) is 6.54. The third-order valence-corrected chi connectivity index (χ3v) is 4.75. The topological polar surface area (TPSA) is 34.1 Å². The zero-order chi connectivity index (χ0) is 15.6. The maximum Gasteiger partial charge on any atom is 0.123 e. The standard InChI is InChI=1S/C16H21FN2OS/c1-9(14-8-13(17)6-7-15(14)20-5)18-10(2)16-11(3)19-12(4)21-16/h6-10,18H,1-5H3. The van der Waals surface area contributed by atoms with Crippen LogP contribution in [0.15, 0.2) is 18.2 Å². The molecule has 2 rings (SSSR count). The van der Waals surface area contributed by atoms with Crippen LogP contribution in [0.25, 0.3) is 0 Å². The fourth-order valence-corrected chi connectivity index (χ4v) is 3.47. The molecule has 2 aromatic rings. The molecule has 0 fully saturated rings. The SMILES string of the molecule is COc1ccc(F)cc1C(C)NC(C)c1sc(C)nc1C. The molecule has 0 bridgehead atoms. The van der Waals surface area contributed by atoms with E-state index in [0.29, 0.717) is 5.75 Å². The van der Waals surface area contributed by atoms with Gasteiger partial charge in [-0.2, -0.15) is 0 Å². The minimum absolute atomic E-state index is 0.0209. The molecule has 0 aliphatic rings. The van der Waals surface area contributed by atoms with E-state index in [4.69, 9.17) is 4.74 Å². The van der Waals surface area contributed by atoms with Crippen LogP contribution in [-0.2, 0) is 0 Å². The zero-order valence-corrected chi connectivity index (χ0v) is 13.8. The largest absolute Gasteiger partial charge is 0.496 e. The van der Waals surface area contributed by atoms with Gasteiger partial charge in [0.05, 0.1) is 17.8 Å². The van der Waals surface area contributed by atoms with Gasteiger partial charge in [0.25, 0.3) is 0 Å². The van der Waals surface area contributed by atoms with Crippen molar-refractivity contribution in [2.75, 3.05) is 7.11 Å². The molecule has 2 atom stereocenters. The van der Waals surface area contributed by atoms with Crippen LogP contribution in [0.4, 0.5) is 4.39 Å². The highest BCUT2D eigenvalue weighted by Crippen LogP contribution is 2.30. The smallest absolute Gasteiger partial charge is 0.123 e. The van der Waals surface area contributed by atoms with Gasteiger partial charge >= 0.3 is 0 Å². The summed E-state index contributed by atoms with van der Waals surface area (Å²) in [5, 5.41) is 4.55.